The summed E-state index contributed by atoms with van der Waals surface area (Å²) in [4.78, 5) is 15.6. The van der Waals surface area contributed by atoms with Gasteiger partial charge in [-0.05, 0) is 18.2 Å². The zero-order chi connectivity index (χ0) is 15.2. The maximum absolute atomic E-state index is 13.8. The monoisotopic (exact) mass is 288 g/mol. The molecule has 1 amide bonds. The number of benzene rings is 1. The smallest absolute Gasteiger partial charge is 0.253 e. The first-order valence-corrected chi connectivity index (χ1v) is 6.06. The molecule has 7 heteroatoms. The molecular weight excluding hydrogens is 275 g/mol. The third kappa shape index (κ3) is 3.53. The van der Waals surface area contributed by atoms with Gasteiger partial charge in [0.1, 0.15) is 5.82 Å². The molecule has 108 valence electrons. The standard InChI is InChI=1S/C14H13FN4O2/c15-12-6-9(13(16)19-21)3-4-10(12)8-18-14(20)11-2-1-5-17-7-11/h1-7,21H,8H2,(H2,16,19)(H,18,20). The SMILES string of the molecule is NC(=NO)c1ccc(CNC(=O)c2cccnc2)c(F)c1. The second-order valence-electron chi connectivity index (χ2n) is 4.22. The topological polar surface area (TPSA) is 101 Å². The molecule has 0 aliphatic rings. The highest BCUT2D eigenvalue weighted by atomic mass is 19.1. The molecular formula is C14H13FN4O2. The number of halogens is 1. The molecule has 0 atom stereocenters. The Morgan fingerprint density at radius 3 is 2.81 bits per heavy atom. The number of oxime groups is 1. The quantitative estimate of drug-likeness (QED) is 0.341. The van der Waals surface area contributed by atoms with Gasteiger partial charge in [0.15, 0.2) is 5.84 Å². The third-order valence-corrected chi connectivity index (χ3v) is 2.82. The molecule has 0 fully saturated rings. The summed E-state index contributed by atoms with van der Waals surface area (Å²) in [5.41, 5.74) is 6.32. The van der Waals surface area contributed by atoms with Gasteiger partial charge < -0.3 is 16.3 Å². The fraction of sp³-hybridized carbons (Fsp3) is 0.0714. The van der Waals surface area contributed by atoms with Gasteiger partial charge in [0, 0.05) is 30.1 Å². The van der Waals surface area contributed by atoms with Gasteiger partial charge in [-0.25, -0.2) is 4.39 Å². The number of nitrogens with one attached hydrogen (secondary N) is 1. The van der Waals surface area contributed by atoms with Crippen molar-refractivity contribution in [3.8, 4) is 0 Å². The van der Waals surface area contributed by atoms with E-state index in [0.717, 1.165) is 6.07 Å². The number of nitrogens with two attached hydrogens (primary N) is 1. The molecule has 1 heterocycles. The molecule has 0 unspecified atom stereocenters. The van der Waals surface area contributed by atoms with Crippen molar-refractivity contribution in [1.82, 2.24) is 10.3 Å². The Morgan fingerprint density at radius 1 is 1.38 bits per heavy atom. The van der Waals surface area contributed by atoms with Crippen LogP contribution in [0.4, 0.5) is 4.39 Å². The first kappa shape index (κ1) is 14.4. The number of carbonyl (C=O) groups excluding carboxylic acids is 1. The van der Waals surface area contributed by atoms with E-state index in [9.17, 15) is 9.18 Å². The van der Waals surface area contributed by atoms with Crippen LogP contribution in [0.3, 0.4) is 0 Å². The highest BCUT2D eigenvalue weighted by Gasteiger charge is 2.09. The van der Waals surface area contributed by atoms with E-state index < -0.39 is 5.82 Å². The summed E-state index contributed by atoms with van der Waals surface area (Å²) in [5.74, 6) is -1.08. The Balaban J connectivity index is 2.06. The summed E-state index contributed by atoms with van der Waals surface area (Å²) in [7, 11) is 0. The van der Waals surface area contributed by atoms with E-state index in [2.05, 4.69) is 15.5 Å². The summed E-state index contributed by atoms with van der Waals surface area (Å²) in [5, 5.41) is 13.9. The maximum Gasteiger partial charge on any atom is 0.253 e. The van der Waals surface area contributed by atoms with E-state index in [4.69, 9.17) is 10.9 Å². The number of hydrogen-bond donors (Lipinski definition) is 3. The van der Waals surface area contributed by atoms with Gasteiger partial charge >= 0.3 is 0 Å². The molecule has 0 aliphatic heterocycles. The van der Waals surface area contributed by atoms with Gasteiger partial charge in [0.05, 0.1) is 5.56 Å². The number of amidine groups is 1. The molecule has 0 saturated heterocycles. The predicted molar refractivity (Wildman–Crippen MR) is 74.3 cm³/mol. The first-order chi connectivity index (χ1) is 10.1. The minimum atomic E-state index is -0.550. The number of amides is 1. The largest absolute Gasteiger partial charge is 0.409 e. The lowest BCUT2D eigenvalue weighted by Gasteiger charge is -2.07. The zero-order valence-corrected chi connectivity index (χ0v) is 11.0. The minimum Gasteiger partial charge on any atom is -0.409 e. The molecule has 0 aliphatic carbocycles. The van der Waals surface area contributed by atoms with Crippen LogP contribution in [0.5, 0.6) is 0 Å². The number of pyridine rings is 1. The minimum absolute atomic E-state index is 0.0238. The highest BCUT2D eigenvalue weighted by molar-refractivity contribution is 5.97. The van der Waals surface area contributed by atoms with Crippen LogP contribution in [0, 0.1) is 5.82 Å². The summed E-state index contributed by atoms with van der Waals surface area (Å²) >= 11 is 0. The van der Waals surface area contributed by atoms with Crippen molar-refractivity contribution in [3.05, 3.63) is 65.2 Å². The van der Waals surface area contributed by atoms with Gasteiger partial charge in [-0.1, -0.05) is 17.3 Å². The normalized spacial score (nSPS) is 11.2. The summed E-state index contributed by atoms with van der Waals surface area (Å²) in [6.07, 6.45) is 2.98. The van der Waals surface area contributed by atoms with Crippen LogP contribution in [0.25, 0.3) is 0 Å². The second-order valence-corrected chi connectivity index (χ2v) is 4.22. The van der Waals surface area contributed by atoms with E-state index in [-0.39, 0.29) is 23.9 Å². The molecule has 0 spiro atoms. The molecule has 0 bridgehead atoms. The van der Waals surface area contributed by atoms with E-state index >= 15 is 0 Å². The average Bonchev–Trinajstić information content (AvgIpc) is 2.53. The van der Waals surface area contributed by atoms with Crippen molar-refractivity contribution in [3.63, 3.8) is 0 Å². The first-order valence-electron chi connectivity index (χ1n) is 6.06. The van der Waals surface area contributed by atoms with Gasteiger partial charge in [-0.2, -0.15) is 0 Å². The predicted octanol–water partition coefficient (Wildman–Crippen LogP) is 1.25. The Kier molecular flexibility index (Phi) is 4.45. The molecule has 0 radical (unpaired) electrons. The Morgan fingerprint density at radius 2 is 2.19 bits per heavy atom. The van der Waals surface area contributed by atoms with Crippen molar-refractivity contribution in [2.75, 3.05) is 0 Å². The Hall–Kier alpha value is -2.96. The van der Waals surface area contributed by atoms with Crippen molar-refractivity contribution >= 4 is 11.7 Å². The van der Waals surface area contributed by atoms with Crippen molar-refractivity contribution in [2.24, 2.45) is 10.9 Å². The van der Waals surface area contributed by atoms with E-state index in [1.807, 2.05) is 0 Å². The van der Waals surface area contributed by atoms with Gasteiger partial charge in [0.25, 0.3) is 5.91 Å². The maximum atomic E-state index is 13.8. The van der Waals surface area contributed by atoms with Crippen LogP contribution in [-0.4, -0.2) is 21.9 Å². The van der Waals surface area contributed by atoms with Gasteiger partial charge in [-0.3, -0.25) is 9.78 Å². The van der Waals surface area contributed by atoms with E-state index in [1.165, 1.54) is 18.3 Å². The van der Waals surface area contributed by atoms with Crippen LogP contribution in [-0.2, 0) is 6.54 Å². The number of carbonyl (C=O) groups is 1. The zero-order valence-electron chi connectivity index (χ0n) is 11.0. The van der Waals surface area contributed by atoms with Gasteiger partial charge in [-0.15, -0.1) is 0 Å². The summed E-state index contributed by atoms with van der Waals surface area (Å²) in [6.45, 7) is 0.0238. The van der Waals surface area contributed by atoms with Crippen LogP contribution in [0.2, 0.25) is 0 Å². The number of nitrogens with zero attached hydrogens (tertiary/aromatic N) is 2. The molecule has 1 aromatic heterocycles. The Labute approximate surface area is 120 Å². The summed E-state index contributed by atoms with van der Waals surface area (Å²) < 4.78 is 13.8. The van der Waals surface area contributed by atoms with Crippen molar-refractivity contribution < 1.29 is 14.4 Å². The lowest BCUT2D eigenvalue weighted by Crippen LogP contribution is -2.23. The molecule has 4 N–H and O–H groups in total. The lowest BCUT2D eigenvalue weighted by atomic mass is 10.1. The van der Waals surface area contributed by atoms with E-state index in [0.29, 0.717) is 11.1 Å². The molecule has 21 heavy (non-hydrogen) atoms. The van der Waals surface area contributed by atoms with Gasteiger partial charge in [0.2, 0.25) is 0 Å². The number of hydrogen-bond acceptors (Lipinski definition) is 4. The molecule has 2 rings (SSSR count). The van der Waals surface area contributed by atoms with Crippen LogP contribution in [0.15, 0.2) is 47.9 Å². The number of aromatic nitrogens is 1. The fourth-order valence-electron chi connectivity index (χ4n) is 1.68. The average molecular weight is 288 g/mol. The van der Waals surface area contributed by atoms with Crippen LogP contribution in [0.1, 0.15) is 21.5 Å². The fourth-order valence-corrected chi connectivity index (χ4v) is 1.68. The molecule has 0 saturated carbocycles. The highest BCUT2D eigenvalue weighted by Crippen LogP contribution is 2.10. The molecule has 1 aromatic carbocycles. The molecule has 2 aromatic rings. The number of rotatable bonds is 4. The van der Waals surface area contributed by atoms with Crippen molar-refractivity contribution in [1.29, 1.82) is 0 Å². The Bertz CT molecular complexity index is 674. The second kappa shape index (κ2) is 6.47. The van der Waals surface area contributed by atoms with Crippen LogP contribution >= 0.6 is 0 Å². The van der Waals surface area contributed by atoms with Crippen molar-refractivity contribution in [2.45, 2.75) is 6.54 Å². The lowest BCUT2D eigenvalue weighted by molar-refractivity contribution is 0.0950. The summed E-state index contributed by atoms with van der Waals surface area (Å²) in [6, 6.07) is 7.36. The van der Waals surface area contributed by atoms with E-state index in [1.54, 1.807) is 18.3 Å². The third-order valence-electron chi connectivity index (χ3n) is 2.82. The van der Waals surface area contributed by atoms with Crippen LogP contribution < -0.4 is 11.1 Å². The molecule has 6 nitrogen and oxygen atoms in total.